The minimum atomic E-state index is -0.0377. The topological polar surface area (TPSA) is 68.8 Å². The van der Waals surface area contributed by atoms with Gasteiger partial charge in [0.05, 0.1) is 0 Å². The van der Waals surface area contributed by atoms with Gasteiger partial charge in [-0.2, -0.15) is 0 Å². The van der Waals surface area contributed by atoms with Gasteiger partial charge in [0, 0.05) is 19.6 Å². The normalized spacial score (nSPS) is 16.9. The molecular formula is C16H33N5O. The van der Waals surface area contributed by atoms with Crippen molar-refractivity contribution >= 4 is 11.9 Å². The summed E-state index contributed by atoms with van der Waals surface area (Å²) in [5.41, 5.74) is 0. The Labute approximate surface area is 135 Å². The van der Waals surface area contributed by atoms with Gasteiger partial charge in [-0.25, -0.2) is 4.99 Å². The SMILES string of the molecule is CCNC(=O)CN=C(NCC)NCCCN1CCCCCC1. The van der Waals surface area contributed by atoms with Crippen LogP contribution >= 0.6 is 0 Å². The molecule has 0 aliphatic carbocycles. The molecule has 1 aliphatic heterocycles. The second kappa shape index (κ2) is 12.3. The molecule has 1 saturated heterocycles. The molecule has 0 aromatic rings. The molecule has 3 N–H and O–H groups in total. The monoisotopic (exact) mass is 311 g/mol. The summed E-state index contributed by atoms with van der Waals surface area (Å²) in [6.45, 7) is 10.1. The number of rotatable bonds is 8. The lowest BCUT2D eigenvalue weighted by Crippen LogP contribution is -2.39. The van der Waals surface area contributed by atoms with Gasteiger partial charge in [-0.05, 0) is 52.7 Å². The molecule has 6 nitrogen and oxygen atoms in total. The van der Waals surface area contributed by atoms with Gasteiger partial charge in [-0.1, -0.05) is 12.8 Å². The van der Waals surface area contributed by atoms with E-state index >= 15 is 0 Å². The molecule has 0 spiro atoms. The number of aliphatic imine (C=N–C) groups is 1. The lowest BCUT2D eigenvalue weighted by molar-refractivity contribution is -0.119. The smallest absolute Gasteiger partial charge is 0.241 e. The minimum Gasteiger partial charge on any atom is -0.357 e. The van der Waals surface area contributed by atoms with Gasteiger partial charge < -0.3 is 20.9 Å². The zero-order chi connectivity index (χ0) is 16.0. The van der Waals surface area contributed by atoms with E-state index in [0.29, 0.717) is 6.54 Å². The third kappa shape index (κ3) is 8.87. The minimum absolute atomic E-state index is 0.0377. The van der Waals surface area contributed by atoms with Gasteiger partial charge >= 0.3 is 0 Å². The number of amides is 1. The van der Waals surface area contributed by atoms with E-state index in [9.17, 15) is 4.79 Å². The molecule has 1 amide bonds. The average Bonchev–Trinajstić information content (AvgIpc) is 2.78. The van der Waals surface area contributed by atoms with Gasteiger partial charge in [0.15, 0.2) is 5.96 Å². The number of guanidine groups is 1. The van der Waals surface area contributed by atoms with E-state index in [2.05, 4.69) is 25.8 Å². The van der Waals surface area contributed by atoms with E-state index in [-0.39, 0.29) is 12.5 Å². The van der Waals surface area contributed by atoms with Crippen LogP contribution in [0.25, 0.3) is 0 Å². The maximum absolute atomic E-state index is 11.4. The molecule has 22 heavy (non-hydrogen) atoms. The standard InChI is InChI=1S/C16H33N5O/c1-3-17-15(22)14-20-16(18-4-2)19-10-9-13-21-11-7-5-6-8-12-21/h3-14H2,1-2H3,(H,17,22)(H2,18,19,20). The predicted octanol–water partition coefficient (Wildman–Crippen LogP) is 0.944. The summed E-state index contributed by atoms with van der Waals surface area (Å²) >= 11 is 0. The molecule has 0 radical (unpaired) electrons. The van der Waals surface area contributed by atoms with Crippen molar-refractivity contribution in [3.63, 3.8) is 0 Å². The molecule has 0 aromatic heterocycles. The first kappa shape index (κ1) is 18.7. The highest BCUT2D eigenvalue weighted by Gasteiger charge is 2.08. The first-order valence-electron chi connectivity index (χ1n) is 8.77. The fraction of sp³-hybridized carbons (Fsp3) is 0.875. The fourth-order valence-electron chi connectivity index (χ4n) is 2.61. The van der Waals surface area contributed by atoms with Crippen LogP contribution in [0.15, 0.2) is 4.99 Å². The van der Waals surface area contributed by atoms with E-state index in [1.54, 1.807) is 0 Å². The highest BCUT2D eigenvalue weighted by molar-refractivity contribution is 5.84. The first-order chi connectivity index (χ1) is 10.8. The molecule has 1 rings (SSSR count). The summed E-state index contributed by atoms with van der Waals surface area (Å²) in [7, 11) is 0. The van der Waals surface area contributed by atoms with Crippen LogP contribution in [-0.4, -0.2) is 62.6 Å². The molecule has 0 unspecified atom stereocenters. The molecule has 0 saturated carbocycles. The maximum Gasteiger partial charge on any atom is 0.241 e. The summed E-state index contributed by atoms with van der Waals surface area (Å²) in [4.78, 5) is 18.3. The number of hydrogen-bond acceptors (Lipinski definition) is 3. The van der Waals surface area contributed by atoms with Gasteiger partial charge in [0.1, 0.15) is 6.54 Å². The van der Waals surface area contributed by atoms with Crippen molar-refractivity contribution in [3.05, 3.63) is 0 Å². The number of nitrogens with zero attached hydrogens (tertiary/aromatic N) is 2. The Morgan fingerprint density at radius 2 is 1.68 bits per heavy atom. The van der Waals surface area contributed by atoms with Crippen LogP contribution in [0.4, 0.5) is 0 Å². The third-order valence-electron chi connectivity index (χ3n) is 3.74. The van der Waals surface area contributed by atoms with Crippen molar-refractivity contribution < 1.29 is 4.79 Å². The first-order valence-corrected chi connectivity index (χ1v) is 8.77. The van der Waals surface area contributed by atoms with Gasteiger partial charge in [-0.15, -0.1) is 0 Å². The van der Waals surface area contributed by atoms with Crippen molar-refractivity contribution in [1.82, 2.24) is 20.9 Å². The zero-order valence-electron chi connectivity index (χ0n) is 14.3. The van der Waals surface area contributed by atoms with Crippen LogP contribution in [0, 0.1) is 0 Å². The Balaban J connectivity index is 2.22. The van der Waals surface area contributed by atoms with E-state index < -0.39 is 0 Å². The molecule has 1 heterocycles. The Bertz CT molecular complexity index is 324. The molecule has 0 bridgehead atoms. The lowest BCUT2D eigenvalue weighted by Gasteiger charge is -2.20. The Morgan fingerprint density at radius 1 is 1.00 bits per heavy atom. The zero-order valence-corrected chi connectivity index (χ0v) is 14.3. The van der Waals surface area contributed by atoms with E-state index in [1.807, 2.05) is 13.8 Å². The predicted molar refractivity (Wildman–Crippen MR) is 92.2 cm³/mol. The Hall–Kier alpha value is -1.30. The second-order valence-electron chi connectivity index (χ2n) is 5.68. The van der Waals surface area contributed by atoms with Gasteiger partial charge in [0.25, 0.3) is 0 Å². The Kier molecular flexibility index (Phi) is 10.5. The maximum atomic E-state index is 11.4. The summed E-state index contributed by atoms with van der Waals surface area (Å²) < 4.78 is 0. The quantitative estimate of drug-likeness (QED) is 0.355. The van der Waals surface area contributed by atoms with Crippen molar-refractivity contribution in [2.75, 3.05) is 45.8 Å². The number of nitrogens with one attached hydrogen (secondary N) is 3. The molecule has 0 aromatic carbocycles. The number of carbonyl (C=O) groups is 1. The van der Waals surface area contributed by atoms with Crippen molar-refractivity contribution in [2.45, 2.75) is 46.0 Å². The van der Waals surface area contributed by atoms with Crippen LogP contribution in [0.2, 0.25) is 0 Å². The van der Waals surface area contributed by atoms with Crippen LogP contribution in [0.3, 0.4) is 0 Å². The van der Waals surface area contributed by atoms with Crippen LogP contribution < -0.4 is 16.0 Å². The summed E-state index contributed by atoms with van der Waals surface area (Å²) in [5.74, 6) is 0.689. The van der Waals surface area contributed by atoms with Crippen LogP contribution in [0.1, 0.15) is 46.0 Å². The lowest BCUT2D eigenvalue weighted by atomic mass is 10.2. The van der Waals surface area contributed by atoms with Crippen LogP contribution in [0.5, 0.6) is 0 Å². The van der Waals surface area contributed by atoms with Gasteiger partial charge in [-0.3, -0.25) is 4.79 Å². The molecule has 1 fully saturated rings. The molecular weight excluding hydrogens is 278 g/mol. The summed E-state index contributed by atoms with van der Waals surface area (Å²) in [5, 5.41) is 9.23. The highest BCUT2D eigenvalue weighted by atomic mass is 16.1. The highest BCUT2D eigenvalue weighted by Crippen LogP contribution is 2.09. The van der Waals surface area contributed by atoms with Crippen LogP contribution in [-0.2, 0) is 4.79 Å². The number of hydrogen-bond donors (Lipinski definition) is 3. The third-order valence-corrected chi connectivity index (χ3v) is 3.74. The molecule has 1 aliphatic rings. The summed E-state index contributed by atoms with van der Waals surface area (Å²) in [6, 6.07) is 0. The average molecular weight is 311 g/mol. The van der Waals surface area contributed by atoms with E-state index in [4.69, 9.17) is 0 Å². The van der Waals surface area contributed by atoms with Crippen molar-refractivity contribution in [1.29, 1.82) is 0 Å². The summed E-state index contributed by atoms with van der Waals surface area (Å²) in [6.07, 6.45) is 6.54. The Morgan fingerprint density at radius 3 is 2.32 bits per heavy atom. The molecule has 6 heteroatoms. The largest absolute Gasteiger partial charge is 0.357 e. The second-order valence-corrected chi connectivity index (χ2v) is 5.68. The molecule has 0 atom stereocenters. The van der Waals surface area contributed by atoms with Crippen molar-refractivity contribution in [2.24, 2.45) is 4.99 Å². The van der Waals surface area contributed by atoms with E-state index in [1.165, 1.54) is 38.8 Å². The van der Waals surface area contributed by atoms with Crippen molar-refractivity contribution in [3.8, 4) is 0 Å². The van der Waals surface area contributed by atoms with E-state index in [0.717, 1.165) is 32.0 Å². The van der Waals surface area contributed by atoms with Gasteiger partial charge in [0.2, 0.25) is 5.91 Å². The number of carbonyl (C=O) groups excluding carboxylic acids is 1. The number of likely N-dealkylation sites (tertiary alicyclic amines) is 1. The number of likely N-dealkylation sites (N-methyl/N-ethyl adjacent to an activating group) is 1. The fourth-order valence-corrected chi connectivity index (χ4v) is 2.61. The molecule has 128 valence electrons.